The zero-order valence-electron chi connectivity index (χ0n) is 14.7. The summed E-state index contributed by atoms with van der Waals surface area (Å²) >= 11 is 0. The molecule has 0 saturated carbocycles. The van der Waals surface area contributed by atoms with E-state index in [9.17, 15) is 9.90 Å². The number of amides is 1. The van der Waals surface area contributed by atoms with Gasteiger partial charge in [-0.2, -0.15) is 0 Å². The van der Waals surface area contributed by atoms with Crippen LogP contribution in [0.5, 0.6) is 0 Å². The van der Waals surface area contributed by atoms with Crippen LogP contribution in [0.25, 0.3) is 11.1 Å². The molecule has 7 heteroatoms. The Labute approximate surface area is 156 Å². The van der Waals surface area contributed by atoms with E-state index in [1.54, 1.807) is 0 Å². The van der Waals surface area contributed by atoms with Crippen LogP contribution in [0.15, 0.2) is 71.4 Å². The molecule has 1 amide bonds. The summed E-state index contributed by atoms with van der Waals surface area (Å²) in [5, 5.41) is 23.0. The number of carbonyl (C=O) groups is 1. The Balaban J connectivity index is 1.75. The highest BCUT2D eigenvalue weighted by atomic mass is 16.5. The lowest BCUT2D eigenvalue weighted by atomic mass is 9.95. The molecule has 140 valence electrons. The topological polar surface area (TPSA) is 105 Å². The molecule has 1 aromatic heterocycles. The SMILES string of the molecule is C[C@@](OCc1ccc(-c2ccccc2)cc1)(C(=O)NO)[C@H](O)c1ccno1. The van der Waals surface area contributed by atoms with Crippen LogP contribution in [-0.2, 0) is 16.1 Å². The van der Waals surface area contributed by atoms with Gasteiger partial charge in [-0.15, -0.1) is 0 Å². The molecular formula is C20H20N2O5. The Hall–Kier alpha value is -3.00. The van der Waals surface area contributed by atoms with Crippen molar-refractivity contribution in [3.8, 4) is 11.1 Å². The van der Waals surface area contributed by atoms with Gasteiger partial charge in [0.15, 0.2) is 17.5 Å². The highest BCUT2D eigenvalue weighted by Crippen LogP contribution is 2.30. The Morgan fingerprint density at radius 3 is 2.41 bits per heavy atom. The average Bonchev–Trinajstić information content (AvgIpc) is 3.26. The minimum atomic E-state index is -1.77. The van der Waals surface area contributed by atoms with Gasteiger partial charge < -0.3 is 14.4 Å². The van der Waals surface area contributed by atoms with Gasteiger partial charge in [0.2, 0.25) is 0 Å². The number of ether oxygens (including phenoxy) is 1. The van der Waals surface area contributed by atoms with Crippen molar-refractivity contribution < 1.29 is 24.4 Å². The van der Waals surface area contributed by atoms with E-state index in [4.69, 9.17) is 14.5 Å². The van der Waals surface area contributed by atoms with Crippen LogP contribution in [0.4, 0.5) is 0 Å². The zero-order chi connectivity index (χ0) is 19.3. The Kier molecular flexibility index (Phi) is 5.66. The van der Waals surface area contributed by atoms with Crippen molar-refractivity contribution in [1.29, 1.82) is 0 Å². The van der Waals surface area contributed by atoms with Crippen LogP contribution in [0.3, 0.4) is 0 Å². The van der Waals surface area contributed by atoms with Gasteiger partial charge >= 0.3 is 0 Å². The molecule has 27 heavy (non-hydrogen) atoms. The third kappa shape index (κ3) is 4.06. The monoisotopic (exact) mass is 368 g/mol. The number of aromatic nitrogens is 1. The van der Waals surface area contributed by atoms with E-state index in [1.165, 1.54) is 24.7 Å². The number of aliphatic hydroxyl groups is 1. The number of hydrogen-bond acceptors (Lipinski definition) is 6. The fourth-order valence-electron chi connectivity index (χ4n) is 2.68. The number of nitrogens with zero attached hydrogens (tertiary/aromatic N) is 1. The molecule has 3 aromatic rings. The van der Waals surface area contributed by atoms with E-state index < -0.39 is 17.6 Å². The zero-order valence-corrected chi connectivity index (χ0v) is 14.7. The van der Waals surface area contributed by atoms with Crippen molar-refractivity contribution >= 4 is 5.91 Å². The summed E-state index contributed by atoms with van der Waals surface area (Å²) in [7, 11) is 0. The van der Waals surface area contributed by atoms with E-state index in [-0.39, 0.29) is 12.4 Å². The van der Waals surface area contributed by atoms with Crippen LogP contribution < -0.4 is 5.48 Å². The molecule has 2 atom stereocenters. The molecule has 1 heterocycles. The molecule has 0 saturated heterocycles. The molecule has 0 fully saturated rings. The van der Waals surface area contributed by atoms with Gasteiger partial charge in [0.25, 0.3) is 5.91 Å². The number of aliphatic hydroxyl groups excluding tert-OH is 1. The molecule has 3 rings (SSSR count). The first-order valence-electron chi connectivity index (χ1n) is 8.36. The van der Waals surface area contributed by atoms with Crippen LogP contribution in [0.1, 0.15) is 24.4 Å². The second kappa shape index (κ2) is 8.13. The molecule has 3 N–H and O–H groups in total. The maximum atomic E-state index is 12.1. The van der Waals surface area contributed by atoms with Crippen molar-refractivity contribution in [2.24, 2.45) is 0 Å². The number of hydrogen-bond donors (Lipinski definition) is 3. The Morgan fingerprint density at radius 1 is 1.15 bits per heavy atom. The minimum absolute atomic E-state index is 0.0458. The number of benzene rings is 2. The van der Waals surface area contributed by atoms with E-state index in [1.807, 2.05) is 54.6 Å². The summed E-state index contributed by atoms with van der Waals surface area (Å²) in [4.78, 5) is 12.1. The van der Waals surface area contributed by atoms with Gasteiger partial charge in [-0.25, -0.2) is 5.48 Å². The van der Waals surface area contributed by atoms with Crippen LogP contribution in [0.2, 0.25) is 0 Å². The van der Waals surface area contributed by atoms with E-state index in [0.717, 1.165) is 16.7 Å². The Bertz CT molecular complexity index is 865. The van der Waals surface area contributed by atoms with Crippen molar-refractivity contribution in [3.63, 3.8) is 0 Å². The summed E-state index contributed by atoms with van der Waals surface area (Å²) < 4.78 is 10.6. The van der Waals surface area contributed by atoms with Gasteiger partial charge in [0.05, 0.1) is 12.8 Å². The predicted octanol–water partition coefficient (Wildman–Crippen LogP) is 2.86. The summed E-state index contributed by atoms with van der Waals surface area (Å²) in [5.74, 6) is -0.840. The van der Waals surface area contributed by atoms with Gasteiger partial charge in [-0.3, -0.25) is 10.0 Å². The van der Waals surface area contributed by atoms with Crippen molar-refractivity contribution in [2.75, 3.05) is 0 Å². The smallest absolute Gasteiger partial charge is 0.278 e. The summed E-state index contributed by atoms with van der Waals surface area (Å²) in [6.45, 7) is 1.41. The largest absolute Gasteiger partial charge is 0.381 e. The van der Waals surface area contributed by atoms with Crippen molar-refractivity contribution in [1.82, 2.24) is 10.6 Å². The van der Waals surface area contributed by atoms with Crippen molar-refractivity contribution in [2.45, 2.75) is 25.2 Å². The number of nitrogens with one attached hydrogen (secondary N) is 1. The minimum Gasteiger partial charge on any atom is -0.381 e. The molecule has 2 aromatic carbocycles. The highest BCUT2D eigenvalue weighted by molar-refractivity contribution is 5.84. The predicted molar refractivity (Wildman–Crippen MR) is 96.5 cm³/mol. The number of hydroxylamine groups is 1. The summed E-state index contributed by atoms with van der Waals surface area (Å²) in [6.07, 6.45) is -0.103. The number of rotatable bonds is 7. The second-order valence-corrected chi connectivity index (χ2v) is 6.22. The molecule has 0 unspecified atom stereocenters. The van der Waals surface area contributed by atoms with Crippen LogP contribution in [0, 0.1) is 0 Å². The normalized spacial score (nSPS) is 14.3. The maximum absolute atomic E-state index is 12.1. The third-order valence-electron chi connectivity index (χ3n) is 4.40. The van der Waals surface area contributed by atoms with Crippen molar-refractivity contribution in [3.05, 3.63) is 78.2 Å². The first kappa shape index (κ1) is 18.8. The quantitative estimate of drug-likeness (QED) is 0.437. The van der Waals surface area contributed by atoms with Crippen LogP contribution in [-0.4, -0.2) is 27.0 Å². The molecular weight excluding hydrogens is 348 g/mol. The molecule has 0 aliphatic rings. The molecule has 0 bridgehead atoms. The maximum Gasteiger partial charge on any atom is 0.278 e. The van der Waals surface area contributed by atoms with Gasteiger partial charge in [-0.1, -0.05) is 59.8 Å². The standard InChI is InChI=1S/C20H20N2O5/c1-20(19(24)22-25,18(23)17-11-12-21-27-17)26-13-14-7-9-16(10-8-14)15-5-3-2-4-6-15/h2-12,18,23,25H,13H2,1H3,(H,22,24)/t18-,20+/m1/s1. The Morgan fingerprint density at radius 2 is 1.81 bits per heavy atom. The lowest BCUT2D eigenvalue weighted by Crippen LogP contribution is -2.49. The van der Waals surface area contributed by atoms with Gasteiger partial charge in [0, 0.05) is 6.07 Å². The average molecular weight is 368 g/mol. The molecule has 7 nitrogen and oxygen atoms in total. The summed E-state index contributed by atoms with van der Waals surface area (Å²) in [6, 6.07) is 19.0. The van der Waals surface area contributed by atoms with E-state index >= 15 is 0 Å². The number of carbonyl (C=O) groups excluding carboxylic acids is 1. The third-order valence-corrected chi connectivity index (χ3v) is 4.40. The second-order valence-electron chi connectivity index (χ2n) is 6.22. The first-order valence-corrected chi connectivity index (χ1v) is 8.36. The molecule has 0 radical (unpaired) electrons. The highest BCUT2D eigenvalue weighted by Gasteiger charge is 2.44. The molecule has 0 aliphatic carbocycles. The molecule has 0 aliphatic heterocycles. The lowest BCUT2D eigenvalue weighted by Gasteiger charge is -2.30. The fraction of sp³-hybridized carbons (Fsp3) is 0.200. The first-order chi connectivity index (χ1) is 13.0. The van der Waals surface area contributed by atoms with Crippen LogP contribution >= 0.6 is 0 Å². The van der Waals surface area contributed by atoms with Gasteiger partial charge in [-0.05, 0) is 23.6 Å². The fourth-order valence-corrected chi connectivity index (χ4v) is 2.68. The summed E-state index contributed by atoms with van der Waals surface area (Å²) in [5.41, 5.74) is 2.71. The van der Waals surface area contributed by atoms with Gasteiger partial charge in [0.1, 0.15) is 0 Å². The van der Waals surface area contributed by atoms with E-state index in [0.29, 0.717) is 0 Å². The van der Waals surface area contributed by atoms with E-state index in [2.05, 4.69) is 5.16 Å². The lowest BCUT2D eigenvalue weighted by molar-refractivity contribution is -0.175. The molecule has 0 spiro atoms.